The van der Waals surface area contributed by atoms with Crippen LogP contribution in [0.3, 0.4) is 0 Å². The van der Waals surface area contributed by atoms with E-state index in [4.69, 9.17) is 25.7 Å². The number of rotatable bonds is 20. The first-order valence-corrected chi connectivity index (χ1v) is 19.2. The van der Waals surface area contributed by atoms with E-state index in [-0.39, 0.29) is 49.8 Å². The molecule has 0 spiro atoms. The van der Waals surface area contributed by atoms with Crippen LogP contribution in [0.2, 0.25) is 0 Å². The molecule has 4 atom stereocenters. The quantitative estimate of drug-likeness (QED) is 0.0581. The van der Waals surface area contributed by atoms with Crippen LogP contribution in [0.15, 0.2) is 54.6 Å². The van der Waals surface area contributed by atoms with E-state index in [1.807, 2.05) is 13.8 Å². The van der Waals surface area contributed by atoms with Gasteiger partial charge in [-0.15, -0.1) is 0 Å². The summed E-state index contributed by atoms with van der Waals surface area (Å²) in [5.41, 5.74) is 11.2. The van der Waals surface area contributed by atoms with Gasteiger partial charge in [0.2, 0.25) is 29.5 Å². The SMILES string of the molecule is CC(C)C[C@H](N)C(=O)NCCC[C@@H](NC(=O)[C@H](Cc1ccc(OC(=O)OC(C)(C)C)cc1)NC(=O)OC(C)(C)C)C(=O)NCC(=O)N[C@@H](Cc1ccccc1)C(N)=O. The molecule has 0 aliphatic rings. The second-order valence-corrected chi connectivity index (χ2v) is 16.3. The molecule has 0 aliphatic heterocycles. The molecule has 0 heterocycles. The lowest BCUT2D eigenvalue weighted by molar-refractivity contribution is -0.132. The number of hydrogen-bond donors (Lipinski definition) is 7. The molecule has 2 rings (SSSR count). The van der Waals surface area contributed by atoms with E-state index in [0.717, 1.165) is 5.56 Å². The van der Waals surface area contributed by atoms with Crippen LogP contribution >= 0.6 is 0 Å². The van der Waals surface area contributed by atoms with E-state index < -0.39 is 77.8 Å². The molecular formula is C41H61N7O10. The van der Waals surface area contributed by atoms with E-state index in [1.165, 1.54) is 12.1 Å². The predicted octanol–water partition coefficient (Wildman–Crippen LogP) is 2.52. The van der Waals surface area contributed by atoms with Crippen LogP contribution in [0.1, 0.15) is 85.8 Å². The van der Waals surface area contributed by atoms with Gasteiger partial charge in [-0.3, -0.25) is 24.0 Å². The minimum Gasteiger partial charge on any atom is -0.444 e. The molecule has 17 nitrogen and oxygen atoms in total. The first-order valence-electron chi connectivity index (χ1n) is 19.2. The fraction of sp³-hybridized carbons (Fsp3) is 0.537. The first-order chi connectivity index (χ1) is 27.0. The summed E-state index contributed by atoms with van der Waals surface area (Å²) in [5.74, 6) is -2.96. The number of ether oxygens (including phenoxy) is 3. The Balaban J connectivity index is 2.25. The van der Waals surface area contributed by atoms with Gasteiger partial charge in [-0.1, -0.05) is 56.3 Å². The van der Waals surface area contributed by atoms with Crippen molar-refractivity contribution in [3.63, 3.8) is 0 Å². The zero-order valence-electron chi connectivity index (χ0n) is 34.8. The first kappa shape index (κ1) is 48.4. The summed E-state index contributed by atoms with van der Waals surface area (Å²) < 4.78 is 15.8. The summed E-state index contributed by atoms with van der Waals surface area (Å²) in [6.45, 7) is 13.5. The van der Waals surface area contributed by atoms with Gasteiger partial charge in [0.05, 0.1) is 12.6 Å². The molecule has 0 saturated carbocycles. The molecule has 0 aromatic heterocycles. The highest BCUT2D eigenvalue weighted by Crippen LogP contribution is 2.17. The Kier molecular flexibility index (Phi) is 19.1. The smallest absolute Gasteiger partial charge is 0.444 e. The van der Waals surface area contributed by atoms with Gasteiger partial charge < -0.3 is 52.3 Å². The van der Waals surface area contributed by atoms with Crippen molar-refractivity contribution >= 4 is 41.8 Å². The second-order valence-electron chi connectivity index (χ2n) is 16.3. The van der Waals surface area contributed by atoms with Crippen LogP contribution in [-0.2, 0) is 46.3 Å². The Labute approximate surface area is 340 Å². The minimum atomic E-state index is -1.27. The maximum Gasteiger partial charge on any atom is 0.514 e. The largest absolute Gasteiger partial charge is 0.514 e. The van der Waals surface area contributed by atoms with Crippen molar-refractivity contribution in [2.45, 2.75) is 123 Å². The molecule has 0 bridgehead atoms. The van der Waals surface area contributed by atoms with Crippen LogP contribution in [0.4, 0.5) is 9.59 Å². The van der Waals surface area contributed by atoms with Gasteiger partial charge in [-0.2, -0.15) is 0 Å². The van der Waals surface area contributed by atoms with Crippen molar-refractivity contribution < 1.29 is 47.8 Å². The van der Waals surface area contributed by atoms with Crippen molar-refractivity contribution in [3.8, 4) is 5.75 Å². The fourth-order valence-corrected chi connectivity index (χ4v) is 5.37. The summed E-state index contributed by atoms with van der Waals surface area (Å²) in [4.78, 5) is 90.1. The lowest BCUT2D eigenvalue weighted by atomic mass is 10.0. The maximum absolute atomic E-state index is 13.9. The molecule has 17 heteroatoms. The van der Waals surface area contributed by atoms with Crippen LogP contribution in [-0.4, -0.2) is 90.2 Å². The lowest BCUT2D eigenvalue weighted by Gasteiger charge is -2.25. The summed E-state index contributed by atoms with van der Waals surface area (Å²) in [6, 6.07) is 10.8. The predicted molar refractivity (Wildman–Crippen MR) is 216 cm³/mol. The summed E-state index contributed by atoms with van der Waals surface area (Å²) in [7, 11) is 0. The van der Waals surface area contributed by atoms with Crippen molar-refractivity contribution in [3.05, 3.63) is 65.7 Å². The van der Waals surface area contributed by atoms with Crippen molar-refractivity contribution in [2.75, 3.05) is 13.1 Å². The second kappa shape index (κ2) is 22.9. The lowest BCUT2D eigenvalue weighted by Crippen LogP contribution is -2.56. The zero-order chi connectivity index (χ0) is 43.6. The standard InChI is InChI=1S/C41H61N7O10/c1-25(2)21-29(42)35(51)44-20-12-15-30(36(52)45-24-33(49)46-31(34(43)50)22-26-13-10-9-11-14-26)47-37(53)32(48-38(54)57-40(3,4)5)23-27-16-18-28(19-17-27)56-39(55)58-41(6,7)8/h9-11,13-14,16-19,25,29-32H,12,15,20-24,42H2,1-8H3,(H2,43,50)(H,44,51)(H,45,52)(H,46,49)(H,47,53)(H,48,54)/t29-,30+,31-,32-/m0/s1. The highest BCUT2D eigenvalue weighted by atomic mass is 16.7. The van der Waals surface area contributed by atoms with Gasteiger partial charge >= 0.3 is 12.2 Å². The number of amides is 6. The monoisotopic (exact) mass is 811 g/mol. The van der Waals surface area contributed by atoms with E-state index in [2.05, 4.69) is 26.6 Å². The molecule has 2 aromatic carbocycles. The minimum absolute atomic E-state index is 0.00661. The van der Waals surface area contributed by atoms with Gasteiger partial charge in [0.1, 0.15) is 35.1 Å². The summed E-state index contributed by atoms with van der Waals surface area (Å²) in [5, 5.41) is 13.0. The molecule has 0 aliphatic carbocycles. The Morgan fingerprint density at radius 2 is 1.26 bits per heavy atom. The number of carbonyl (C=O) groups excluding carboxylic acids is 7. The zero-order valence-corrected chi connectivity index (χ0v) is 34.8. The van der Waals surface area contributed by atoms with Gasteiger partial charge in [0.25, 0.3) is 0 Å². The van der Waals surface area contributed by atoms with Crippen molar-refractivity contribution in [1.29, 1.82) is 0 Å². The molecule has 0 saturated heterocycles. The molecule has 2 aromatic rings. The Bertz CT molecular complexity index is 1690. The highest BCUT2D eigenvalue weighted by molar-refractivity contribution is 5.94. The number of nitrogens with two attached hydrogens (primary N) is 2. The molecule has 6 amide bonds. The molecular weight excluding hydrogens is 750 g/mol. The van der Waals surface area contributed by atoms with Gasteiger partial charge in [0, 0.05) is 19.4 Å². The number of carbonyl (C=O) groups is 7. The van der Waals surface area contributed by atoms with Crippen LogP contribution in [0, 0.1) is 5.92 Å². The fourth-order valence-electron chi connectivity index (χ4n) is 5.37. The molecule has 9 N–H and O–H groups in total. The maximum atomic E-state index is 13.9. The van der Waals surface area contributed by atoms with Crippen molar-refractivity contribution in [1.82, 2.24) is 26.6 Å². The third kappa shape index (κ3) is 19.9. The summed E-state index contributed by atoms with van der Waals surface area (Å²) in [6.07, 6.45) is -1.04. The van der Waals surface area contributed by atoms with Crippen LogP contribution < -0.4 is 42.8 Å². The normalized spacial score (nSPS) is 13.5. The van der Waals surface area contributed by atoms with Crippen LogP contribution in [0.5, 0.6) is 5.75 Å². The summed E-state index contributed by atoms with van der Waals surface area (Å²) >= 11 is 0. The number of benzene rings is 2. The Morgan fingerprint density at radius 3 is 1.83 bits per heavy atom. The third-order valence-electron chi connectivity index (χ3n) is 8.01. The molecule has 0 unspecified atom stereocenters. The molecule has 0 radical (unpaired) electrons. The topological polar surface area (TPSA) is 259 Å². The average Bonchev–Trinajstić information content (AvgIpc) is 3.10. The molecule has 0 fully saturated rings. The number of nitrogens with one attached hydrogen (secondary N) is 5. The van der Waals surface area contributed by atoms with Crippen molar-refractivity contribution in [2.24, 2.45) is 17.4 Å². The molecule has 320 valence electrons. The highest BCUT2D eigenvalue weighted by Gasteiger charge is 2.30. The van der Waals surface area contributed by atoms with Crippen LogP contribution in [0.25, 0.3) is 0 Å². The Hall–Kier alpha value is -5.71. The average molecular weight is 812 g/mol. The molecule has 58 heavy (non-hydrogen) atoms. The number of primary amides is 1. The third-order valence-corrected chi connectivity index (χ3v) is 8.01. The number of alkyl carbamates (subject to hydrolysis) is 1. The Morgan fingerprint density at radius 1 is 0.672 bits per heavy atom. The van der Waals surface area contributed by atoms with Gasteiger partial charge in [-0.05, 0) is 90.0 Å². The van der Waals surface area contributed by atoms with E-state index in [0.29, 0.717) is 12.0 Å². The van der Waals surface area contributed by atoms with E-state index in [1.54, 1.807) is 84.0 Å². The number of hydrogen-bond acceptors (Lipinski definition) is 11. The van der Waals surface area contributed by atoms with E-state index >= 15 is 0 Å². The van der Waals surface area contributed by atoms with E-state index in [9.17, 15) is 33.6 Å². The van der Waals surface area contributed by atoms with Gasteiger partial charge in [0.15, 0.2) is 0 Å². The van der Waals surface area contributed by atoms with Gasteiger partial charge in [-0.25, -0.2) is 9.59 Å².